The van der Waals surface area contributed by atoms with Gasteiger partial charge in [-0.05, 0) is 61.7 Å². The number of carbonyl (C=O) groups is 1. The van der Waals surface area contributed by atoms with E-state index in [1.54, 1.807) is 36.5 Å². The molecule has 0 unspecified atom stereocenters. The summed E-state index contributed by atoms with van der Waals surface area (Å²) >= 11 is 6.38. The van der Waals surface area contributed by atoms with Gasteiger partial charge in [0.05, 0.1) is 30.3 Å². The summed E-state index contributed by atoms with van der Waals surface area (Å²) in [4.78, 5) is 19.6. The molecule has 0 saturated carbocycles. The van der Waals surface area contributed by atoms with E-state index in [1.165, 1.54) is 0 Å². The zero-order chi connectivity index (χ0) is 19.0. The molecule has 3 heterocycles. The van der Waals surface area contributed by atoms with Gasteiger partial charge in [-0.3, -0.25) is 4.79 Å². The van der Waals surface area contributed by atoms with Gasteiger partial charge in [0.15, 0.2) is 5.76 Å². The van der Waals surface area contributed by atoms with Crippen LogP contribution in [-0.4, -0.2) is 24.5 Å². The number of hydrogen-bond donors (Lipinski definition) is 0. The van der Waals surface area contributed by atoms with Crippen molar-refractivity contribution in [3.8, 4) is 17.2 Å². The maximum absolute atomic E-state index is 13.3. The molecule has 27 heavy (non-hydrogen) atoms. The second kappa shape index (κ2) is 7.08. The molecule has 0 radical (unpaired) electrons. The number of anilines is 1. The number of ether oxygens (including phenoxy) is 1. The molecule has 6 heteroatoms. The standard InChI is InChI=1S/C21H19ClN2O3/c1-13-14(7-9-17(23-13)18-6-4-12-27-18)21(25)24-11-3-5-15-16(22)8-10-19(26-2)20(15)24/h4,6-10,12H,3,5,11H2,1-2H3. The summed E-state index contributed by atoms with van der Waals surface area (Å²) in [6, 6.07) is 10.9. The average Bonchev–Trinajstić information content (AvgIpc) is 3.22. The van der Waals surface area contributed by atoms with Crippen LogP contribution in [0.4, 0.5) is 5.69 Å². The van der Waals surface area contributed by atoms with Gasteiger partial charge in [0.1, 0.15) is 11.4 Å². The largest absolute Gasteiger partial charge is 0.495 e. The lowest BCUT2D eigenvalue weighted by atomic mass is 9.99. The van der Waals surface area contributed by atoms with E-state index in [0.29, 0.717) is 40.0 Å². The van der Waals surface area contributed by atoms with E-state index in [4.69, 9.17) is 20.8 Å². The third kappa shape index (κ3) is 3.08. The Hall–Kier alpha value is -2.79. The number of pyridine rings is 1. The summed E-state index contributed by atoms with van der Waals surface area (Å²) in [7, 11) is 1.60. The molecule has 1 aliphatic heterocycles. The molecule has 3 aromatic rings. The third-order valence-electron chi connectivity index (χ3n) is 4.82. The number of halogens is 1. The predicted octanol–water partition coefficient (Wildman–Crippen LogP) is 4.91. The van der Waals surface area contributed by atoms with Crippen molar-refractivity contribution in [3.05, 3.63) is 64.5 Å². The van der Waals surface area contributed by atoms with Crippen LogP contribution in [-0.2, 0) is 6.42 Å². The summed E-state index contributed by atoms with van der Waals surface area (Å²) in [5, 5.41) is 0.659. The average molecular weight is 383 g/mol. The highest BCUT2D eigenvalue weighted by molar-refractivity contribution is 6.32. The van der Waals surface area contributed by atoms with Crippen molar-refractivity contribution in [2.45, 2.75) is 19.8 Å². The number of carbonyl (C=O) groups excluding carboxylic acids is 1. The van der Waals surface area contributed by atoms with Gasteiger partial charge in [-0.2, -0.15) is 0 Å². The van der Waals surface area contributed by atoms with Gasteiger partial charge in [0, 0.05) is 11.6 Å². The van der Waals surface area contributed by atoms with Crippen LogP contribution in [0.25, 0.3) is 11.5 Å². The lowest BCUT2D eigenvalue weighted by molar-refractivity contribution is 0.0983. The van der Waals surface area contributed by atoms with Gasteiger partial charge in [-0.1, -0.05) is 11.6 Å². The molecule has 0 N–H and O–H groups in total. The molecule has 0 fully saturated rings. The van der Waals surface area contributed by atoms with Crippen LogP contribution in [0.15, 0.2) is 47.1 Å². The van der Waals surface area contributed by atoms with Crippen molar-refractivity contribution in [1.82, 2.24) is 4.98 Å². The first-order valence-corrected chi connectivity index (χ1v) is 9.16. The molecule has 5 nitrogen and oxygen atoms in total. The van der Waals surface area contributed by atoms with Crippen LogP contribution in [0, 0.1) is 6.92 Å². The van der Waals surface area contributed by atoms with Crippen LogP contribution < -0.4 is 9.64 Å². The predicted molar refractivity (Wildman–Crippen MR) is 105 cm³/mol. The van der Waals surface area contributed by atoms with Gasteiger partial charge < -0.3 is 14.1 Å². The molecule has 0 atom stereocenters. The zero-order valence-corrected chi connectivity index (χ0v) is 15.9. The summed E-state index contributed by atoms with van der Waals surface area (Å²) in [6.45, 7) is 2.45. The molecular weight excluding hydrogens is 364 g/mol. The van der Waals surface area contributed by atoms with Crippen molar-refractivity contribution >= 4 is 23.2 Å². The van der Waals surface area contributed by atoms with Crippen LogP contribution >= 0.6 is 11.6 Å². The van der Waals surface area contributed by atoms with E-state index < -0.39 is 0 Å². The first-order chi connectivity index (χ1) is 13.1. The maximum Gasteiger partial charge on any atom is 0.260 e. The second-order valence-corrected chi connectivity index (χ2v) is 6.85. The maximum atomic E-state index is 13.3. The van der Waals surface area contributed by atoms with Crippen LogP contribution in [0.2, 0.25) is 5.02 Å². The van der Waals surface area contributed by atoms with Gasteiger partial charge in [0.25, 0.3) is 5.91 Å². The van der Waals surface area contributed by atoms with Crippen molar-refractivity contribution in [2.75, 3.05) is 18.6 Å². The van der Waals surface area contributed by atoms with E-state index in [2.05, 4.69) is 4.98 Å². The van der Waals surface area contributed by atoms with E-state index in [-0.39, 0.29) is 5.91 Å². The van der Waals surface area contributed by atoms with Crippen molar-refractivity contribution < 1.29 is 13.9 Å². The van der Waals surface area contributed by atoms with Gasteiger partial charge >= 0.3 is 0 Å². The first kappa shape index (κ1) is 17.6. The smallest absolute Gasteiger partial charge is 0.260 e. The van der Waals surface area contributed by atoms with E-state index in [1.807, 2.05) is 25.1 Å². The fourth-order valence-corrected chi connectivity index (χ4v) is 3.76. The highest BCUT2D eigenvalue weighted by Crippen LogP contribution is 2.41. The number of furan rings is 1. The van der Waals surface area contributed by atoms with E-state index in [9.17, 15) is 4.79 Å². The number of fused-ring (bicyclic) bond motifs is 1. The van der Waals surface area contributed by atoms with Crippen LogP contribution in [0.5, 0.6) is 5.75 Å². The Labute approximate surface area is 162 Å². The third-order valence-corrected chi connectivity index (χ3v) is 5.18. The molecule has 2 aromatic heterocycles. The molecule has 0 spiro atoms. The molecule has 138 valence electrons. The number of benzene rings is 1. The van der Waals surface area contributed by atoms with Crippen molar-refractivity contribution in [1.29, 1.82) is 0 Å². The number of nitrogens with zero attached hydrogens (tertiary/aromatic N) is 2. The van der Waals surface area contributed by atoms with Gasteiger partial charge in [-0.25, -0.2) is 4.98 Å². The molecule has 1 aromatic carbocycles. The molecule has 0 saturated heterocycles. The SMILES string of the molecule is COc1ccc(Cl)c2c1N(C(=O)c1ccc(-c3ccco3)nc1C)CCC2. The number of methoxy groups -OCH3 is 1. The molecule has 0 aliphatic carbocycles. The Morgan fingerprint density at radius 1 is 1.26 bits per heavy atom. The highest BCUT2D eigenvalue weighted by Gasteiger charge is 2.29. The second-order valence-electron chi connectivity index (χ2n) is 6.44. The Morgan fingerprint density at radius 2 is 2.11 bits per heavy atom. The van der Waals surface area contributed by atoms with E-state index >= 15 is 0 Å². The Kier molecular flexibility index (Phi) is 4.62. The molecule has 4 rings (SSSR count). The number of rotatable bonds is 3. The summed E-state index contributed by atoms with van der Waals surface area (Å²) < 4.78 is 10.9. The summed E-state index contributed by atoms with van der Waals surface area (Å²) in [6.07, 6.45) is 3.28. The summed E-state index contributed by atoms with van der Waals surface area (Å²) in [5.74, 6) is 1.22. The monoisotopic (exact) mass is 382 g/mol. The minimum atomic E-state index is -0.104. The Bertz CT molecular complexity index is 999. The topological polar surface area (TPSA) is 55.6 Å². The number of hydrogen-bond acceptors (Lipinski definition) is 4. The molecule has 1 amide bonds. The Balaban J connectivity index is 1.74. The molecule has 0 bridgehead atoms. The van der Waals surface area contributed by atoms with Gasteiger partial charge in [0.2, 0.25) is 0 Å². The normalized spacial score (nSPS) is 13.4. The number of amides is 1. The quantitative estimate of drug-likeness (QED) is 0.646. The van der Waals surface area contributed by atoms with Crippen molar-refractivity contribution in [2.24, 2.45) is 0 Å². The fourth-order valence-electron chi connectivity index (χ4n) is 3.51. The fraction of sp³-hybridized carbons (Fsp3) is 0.238. The van der Waals surface area contributed by atoms with E-state index in [0.717, 1.165) is 24.1 Å². The Morgan fingerprint density at radius 3 is 2.81 bits per heavy atom. The molecular formula is C21H19ClN2O3. The number of aromatic nitrogens is 1. The van der Waals surface area contributed by atoms with Crippen LogP contribution in [0.1, 0.15) is 28.0 Å². The lowest BCUT2D eigenvalue weighted by Crippen LogP contribution is -2.36. The van der Waals surface area contributed by atoms with Crippen molar-refractivity contribution in [3.63, 3.8) is 0 Å². The minimum absolute atomic E-state index is 0.104. The summed E-state index contributed by atoms with van der Waals surface area (Å²) in [5.41, 5.74) is 3.63. The highest BCUT2D eigenvalue weighted by atomic mass is 35.5. The minimum Gasteiger partial charge on any atom is -0.495 e. The van der Waals surface area contributed by atoms with Crippen LogP contribution in [0.3, 0.4) is 0 Å². The zero-order valence-electron chi connectivity index (χ0n) is 15.2. The number of aryl methyl sites for hydroxylation is 1. The molecule has 1 aliphatic rings. The van der Waals surface area contributed by atoms with Gasteiger partial charge in [-0.15, -0.1) is 0 Å². The lowest BCUT2D eigenvalue weighted by Gasteiger charge is -2.31. The first-order valence-electron chi connectivity index (χ1n) is 8.79.